The summed E-state index contributed by atoms with van der Waals surface area (Å²) in [6.07, 6.45) is 0.793. The quantitative estimate of drug-likeness (QED) is 0.483. The van der Waals surface area contributed by atoms with E-state index in [1.54, 1.807) is 6.07 Å². The van der Waals surface area contributed by atoms with Crippen LogP contribution in [0.1, 0.15) is 13.3 Å². The fraction of sp³-hybridized carbons (Fsp3) is 0.500. The molecule has 0 aromatic heterocycles. The van der Waals surface area contributed by atoms with Gasteiger partial charge in [0.25, 0.3) is 5.69 Å². The summed E-state index contributed by atoms with van der Waals surface area (Å²) in [5.74, 6) is 0.383. The van der Waals surface area contributed by atoms with E-state index in [1.807, 2.05) is 6.92 Å². The summed E-state index contributed by atoms with van der Waals surface area (Å²) in [6, 6.07) is 3.70. The van der Waals surface area contributed by atoms with Gasteiger partial charge in [0.1, 0.15) is 5.75 Å². The van der Waals surface area contributed by atoms with Crippen molar-refractivity contribution in [2.45, 2.75) is 19.4 Å². The van der Waals surface area contributed by atoms with E-state index in [0.717, 1.165) is 6.42 Å². The predicted molar refractivity (Wildman–Crippen MR) is 70.5 cm³/mol. The molecule has 0 radical (unpaired) electrons. The maximum Gasteiger partial charge on any atom is 0.275 e. The molecule has 0 aliphatic rings. The van der Waals surface area contributed by atoms with Gasteiger partial charge < -0.3 is 20.3 Å². The highest BCUT2D eigenvalue weighted by atomic mass is 16.6. The highest BCUT2D eigenvalue weighted by Crippen LogP contribution is 2.26. The van der Waals surface area contributed by atoms with E-state index in [1.165, 1.54) is 12.1 Å². The van der Waals surface area contributed by atoms with Crippen LogP contribution >= 0.6 is 0 Å². The molecule has 0 spiro atoms. The number of aliphatic hydroxyl groups is 2. The number of non-ortho nitro benzene ring substituents is 1. The van der Waals surface area contributed by atoms with E-state index in [0.29, 0.717) is 18.0 Å². The predicted octanol–water partition coefficient (Wildman–Crippen LogP) is 1.15. The summed E-state index contributed by atoms with van der Waals surface area (Å²) in [7, 11) is 0. The first-order valence-corrected chi connectivity index (χ1v) is 6.01. The van der Waals surface area contributed by atoms with E-state index < -0.39 is 11.0 Å². The number of rotatable bonds is 8. The lowest BCUT2D eigenvalue weighted by atomic mass is 10.2. The van der Waals surface area contributed by atoms with Gasteiger partial charge in [0, 0.05) is 17.8 Å². The standard InChI is InChI=1S/C12H18N2O5/c1-2-3-19-12-5-9(13-10(7-15)8-16)4-11(6-12)14(17)18/h4-6,10,13,15-16H,2-3,7-8H2,1H3. The van der Waals surface area contributed by atoms with Crippen LogP contribution in [-0.4, -0.2) is 41.0 Å². The van der Waals surface area contributed by atoms with Crippen LogP contribution in [0.4, 0.5) is 11.4 Å². The first-order valence-electron chi connectivity index (χ1n) is 6.01. The molecule has 0 fully saturated rings. The summed E-state index contributed by atoms with van der Waals surface area (Å²) < 4.78 is 5.37. The fourth-order valence-electron chi connectivity index (χ4n) is 1.46. The van der Waals surface area contributed by atoms with Crippen molar-refractivity contribution in [3.63, 3.8) is 0 Å². The van der Waals surface area contributed by atoms with Gasteiger partial charge in [0.05, 0.1) is 36.9 Å². The fourth-order valence-corrected chi connectivity index (χ4v) is 1.46. The second-order valence-electron chi connectivity index (χ2n) is 4.03. The Labute approximate surface area is 111 Å². The van der Waals surface area contributed by atoms with Crippen molar-refractivity contribution in [3.8, 4) is 5.75 Å². The van der Waals surface area contributed by atoms with Gasteiger partial charge in [-0.25, -0.2) is 0 Å². The largest absolute Gasteiger partial charge is 0.493 e. The summed E-state index contributed by atoms with van der Waals surface area (Å²) in [5.41, 5.74) is 0.319. The first kappa shape index (κ1) is 15.2. The molecular weight excluding hydrogens is 252 g/mol. The Morgan fingerprint density at radius 2 is 2.05 bits per heavy atom. The third-order valence-electron chi connectivity index (χ3n) is 2.39. The number of hydrogen-bond donors (Lipinski definition) is 3. The van der Waals surface area contributed by atoms with Crippen LogP contribution in [0, 0.1) is 10.1 Å². The number of aliphatic hydroxyl groups excluding tert-OH is 2. The smallest absolute Gasteiger partial charge is 0.275 e. The van der Waals surface area contributed by atoms with Crippen LogP contribution in [0.5, 0.6) is 5.75 Å². The minimum Gasteiger partial charge on any atom is -0.493 e. The van der Waals surface area contributed by atoms with E-state index >= 15 is 0 Å². The molecule has 0 saturated heterocycles. The van der Waals surface area contributed by atoms with Crippen LogP contribution in [0.25, 0.3) is 0 Å². The van der Waals surface area contributed by atoms with Gasteiger partial charge in [0.15, 0.2) is 0 Å². The van der Waals surface area contributed by atoms with E-state index in [2.05, 4.69) is 5.32 Å². The number of nitrogens with one attached hydrogen (secondary N) is 1. The number of hydrogen-bond acceptors (Lipinski definition) is 6. The lowest BCUT2D eigenvalue weighted by Crippen LogP contribution is -2.27. The Hall–Kier alpha value is -1.86. The molecule has 0 saturated carbocycles. The first-order chi connectivity index (χ1) is 9.10. The minimum absolute atomic E-state index is 0.106. The summed E-state index contributed by atoms with van der Waals surface area (Å²) in [6.45, 7) is 1.85. The molecule has 0 unspecified atom stereocenters. The molecule has 0 aliphatic heterocycles. The third-order valence-corrected chi connectivity index (χ3v) is 2.39. The highest BCUT2D eigenvalue weighted by molar-refractivity contribution is 5.56. The monoisotopic (exact) mass is 270 g/mol. The normalized spacial score (nSPS) is 10.5. The number of benzene rings is 1. The van der Waals surface area contributed by atoms with Crippen molar-refractivity contribution in [1.82, 2.24) is 0 Å². The van der Waals surface area contributed by atoms with Gasteiger partial charge in [-0.3, -0.25) is 10.1 Å². The van der Waals surface area contributed by atoms with Gasteiger partial charge in [0.2, 0.25) is 0 Å². The van der Waals surface area contributed by atoms with Gasteiger partial charge in [-0.2, -0.15) is 0 Å². The van der Waals surface area contributed by atoms with Crippen molar-refractivity contribution in [1.29, 1.82) is 0 Å². The maximum absolute atomic E-state index is 10.8. The van der Waals surface area contributed by atoms with Crippen molar-refractivity contribution in [2.75, 3.05) is 25.1 Å². The van der Waals surface area contributed by atoms with Crippen molar-refractivity contribution in [2.24, 2.45) is 0 Å². The number of nitro benzene ring substituents is 1. The van der Waals surface area contributed by atoms with Crippen molar-refractivity contribution in [3.05, 3.63) is 28.3 Å². The molecule has 1 rings (SSSR count). The second kappa shape index (κ2) is 7.55. The van der Waals surface area contributed by atoms with Gasteiger partial charge >= 0.3 is 0 Å². The average Bonchev–Trinajstić information content (AvgIpc) is 2.42. The van der Waals surface area contributed by atoms with Crippen LogP contribution in [-0.2, 0) is 0 Å². The molecule has 106 valence electrons. The molecule has 0 bridgehead atoms. The van der Waals surface area contributed by atoms with Gasteiger partial charge in [-0.05, 0) is 6.42 Å². The van der Waals surface area contributed by atoms with E-state index in [9.17, 15) is 10.1 Å². The Balaban J connectivity index is 2.95. The maximum atomic E-state index is 10.8. The van der Waals surface area contributed by atoms with E-state index in [4.69, 9.17) is 14.9 Å². The number of nitrogens with zero attached hydrogens (tertiary/aromatic N) is 1. The lowest BCUT2D eigenvalue weighted by molar-refractivity contribution is -0.384. The van der Waals surface area contributed by atoms with Crippen molar-refractivity contribution < 1.29 is 19.9 Å². The highest BCUT2D eigenvalue weighted by Gasteiger charge is 2.13. The molecule has 0 amide bonds. The molecular formula is C12H18N2O5. The summed E-state index contributed by atoms with van der Waals surface area (Å²) in [5, 5.41) is 31.6. The van der Waals surface area contributed by atoms with Crippen LogP contribution in [0.2, 0.25) is 0 Å². The summed E-state index contributed by atoms with van der Waals surface area (Å²) in [4.78, 5) is 10.3. The zero-order chi connectivity index (χ0) is 14.3. The number of ether oxygens (including phenoxy) is 1. The Kier molecular flexibility index (Phi) is 6.04. The van der Waals surface area contributed by atoms with Crippen LogP contribution < -0.4 is 10.1 Å². The molecule has 19 heavy (non-hydrogen) atoms. The van der Waals surface area contributed by atoms with Gasteiger partial charge in [-0.15, -0.1) is 0 Å². The Morgan fingerprint density at radius 1 is 1.37 bits per heavy atom. The molecule has 7 heteroatoms. The Morgan fingerprint density at radius 3 is 2.58 bits per heavy atom. The van der Waals surface area contributed by atoms with Crippen LogP contribution in [0.3, 0.4) is 0 Å². The molecule has 1 aromatic carbocycles. The third kappa shape index (κ3) is 4.72. The minimum atomic E-state index is -0.568. The van der Waals surface area contributed by atoms with E-state index in [-0.39, 0.29) is 18.9 Å². The number of nitro groups is 1. The molecule has 0 atom stereocenters. The average molecular weight is 270 g/mol. The molecule has 0 aliphatic carbocycles. The summed E-state index contributed by atoms with van der Waals surface area (Å²) >= 11 is 0. The molecule has 0 heterocycles. The SMILES string of the molecule is CCCOc1cc(NC(CO)CO)cc([N+](=O)[O-])c1. The second-order valence-corrected chi connectivity index (χ2v) is 4.03. The van der Waals surface area contributed by atoms with Crippen molar-refractivity contribution >= 4 is 11.4 Å². The van der Waals surface area contributed by atoms with Gasteiger partial charge in [-0.1, -0.05) is 6.92 Å². The molecule has 7 nitrogen and oxygen atoms in total. The van der Waals surface area contributed by atoms with Crippen LogP contribution in [0.15, 0.2) is 18.2 Å². The topological polar surface area (TPSA) is 105 Å². The Bertz CT molecular complexity index is 421. The molecule has 3 N–H and O–H groups in total. The number of anilines is 1. The zero-order valence-corrected chi connectivity index (χ0v) is 10.7. The zero-order valence-electron chi connectivity index (χ0n) is 10.7. The lowest BCUT2D eigenvalue weighted by Gasteiger charge is -2.15. The molecule has 1 aromatic rings.